The van der Waals surface area contributed by atoms with Gasteiger partial charge in [0.2, 0.25) is 0 Å². The van der Waals surface area contributed by atoms with Gasteiger partial charge in [0.25, 0.3) is 5.69 Å². The van der Waals surface area contributed by atoms with Gasteiger partial charge in [-0.15, -0.1) is 0 Å². The van der Waals surface area contributed by atoms with Crippen molar-refractivity contribution in [1.82, 2.24) is 0 Å². The van der Waals surface area contributed by atoms with E-state index in [1.807, 2.05) is 0 Å². The van der Waals surface area contributed by atoms with Gasteiger partial charge in [-0.1, -0.05) is 6.92 Å². The molecule has 0 aliphatic carbocycles. The summed E-state index contributed by atoms with van der Waals surface area (Å²) in [6.45, 7) is 1.79. The average molecular weight is 198 g/mol. The van der Waals surface area contributed by atoms with E-state index < -0.39 is 16.8 Å². The van der Waals surface area contributed by atoms with Crippen molar-refractivity contribution < 1.29 is 9.31 Å². The van der Waals surface area contributed by atoms with Crippen molar-refractivity contribution in [3.05, 3.63) is 39.7 Å². The number of hydrogen-bond donors (Lipinski definition) is 1. The Labute approximate surface area is 80.7 Å². The van der Waals surface area contributed by atoms with Gasteiger partial charge in [-0.3, -0.25) is 10.1 Å². The quantitative estimate of drug-likeness (QED) is 0.597. The molecule has 0 bridgehead atoms. The van der Waals surface area contributed by atoms with Crippen molar-refractivity contribution in [3.63, 3.8) is 0 Å². The van der Waals surface area contributed by atoms with Crippen LogP contribution in [0.1, 0.15) is 24.9 Å². The lowest BCUT2D eigenvalue weighted by molar-refractivity contribution is -0.385. The van der Waals surface area contributed by atoms with Crippen LogP contribution >= 0.6 is 0 Å². The van der Waals surface area contributed by atoms with Crippen LogP contribution in [0, 0.1) is 15.9 Å². The number of hydrogen-bond acceptors (Lipinski definition) is 3. The van der Waals surface area contributed by atoms with Gasteiger partial charge in [0.05, 0.1) is 4.92 Å². The number of rotatable bonds is 3. The molecule has 0 unspecified atom stereocenters. The van der Waals surface area contributed by atoms with E-state index in [1.165, 1.54) is 6.07 Å². The van der Waals surface area contributed by atoms with E-state index in [-0.39, 0.29) is 11.3 Å². The third kappa shape index (κ3) is 2.05. The predicted octanol–water partition coefficient (Wildman–Crippen LogP) is 2.14. The molecule has 0 aliphatic heterocycles. The summed E-state index contributed by atoms with van der Waals surface area (Å²) >= 11 is 0. The first-order chi connectivity index (χ1) is 6.56. The van der Waals surface area contributed by atoms with Gasteiger partial charge >= 0.3 is 0 Å². The highest BCUT2D eigenvalue weighted by Crippen LogP contribution is 2.22. The molecule has 0 aromatic heterocycles. The predicted molar refractivity (Wildman–Crippen MR) is 50.3 cm³/mol. The van der Waals surface area contributed by atoms with Crippen LogP contribution in [-0.4, -0.2) is 4.92 Å². The van der Waals surface area contributed by atoms with Gasteiger partial charge in [0.15, 0.2) is 0 Å². The summed E-state index contributed by atoms with van der Waals surface area (Å²) < 4.78 is 13.2. The Hall–Kier alpha value is -1.49. The largest absolute Gasteiger partial charge is 0.324 e. The second-order valence-electron chi connectivity index (χ2n) is 2.98. The van der Waals surface area contributed by atoms with Crippen molar-refractivity contribution in [2.24, 2.45) is 5.73 Å². The summed E-state index contributed by atoms with van der Waals surface area (Å²) in [5.74, 6) is -0.495. The molecule has 1 aromatic rings. The normalized spacial score (nSPS) is 12.5. The van der Waals surface area contributed by atoms with Gasteiger partial charge in [0.1, 0.15) is 5.82 Å². The second kappa shape index (κ2) is 4.15. The van der Waals surface area contributed by atoms with Crippen LogP contribution in [0.25, 0.3) is 0 Å². The molecular formula is C9H11FN2O2. The van der Waals surface area contributed by atoms with Gasteiger partial charge < -0.3 is 5.73 Å². The highest BCUT2D eigenvalue weighted by Gasteiger charge is 2.14. The summed E-state index contributed by atoms with van der Waals surface area (Å²) in [5.41, 5.74) is 5.66. The van der Waals surface area contributed by atoms with Crippen LogP contribution in [0.2, 0.25) is 0 Å². The standard InChI is InChI=1S/C9H11FN2O2/c1-2-9(11)7-5-6(12(13)14)3-4-8(7)10/h3-5,9H,2,11H2,1H3/t9-/m0/s1. The number of nitro benzene ring substituents is 1. The first-order valence-electron chi connectivity index (χ1n) is 4.25. The fourth-order valence-corrected chi connectivity index (χ4v) is 1.15. The Morgan fingerprint density at radius 2 is 2.29 bits per heavy atom. The lowest BCUT2D eigenvalue weighted by Gasteiger charge is -2.09. The summed E-state index contributed by atoms with van der Waals surface area (Å²) in [6.07, 6.45) is 0.540. The van der Waals surface area contributed by atoms with E-state index in [9.17, 15) is 14.5 Å². The Morgan fingerprint density at radius 1 is 1.64 bits per heavy atom. The molecule has 0 spiro atoms. The molecule has 14 heavy (non-hydrogen) atoms. The molecule has 5 heteroatoms. The topological polar surface area (TPSA) is 69.2 Å². The van der Waals surface area contributed by atoms with Gasteiger partial charge in [-0.05, 0) is 12.5 Å². The molecule has 1 atom stereocenters. The van der Waals surface area contributed by atoms with Crippen molar-refractivity contribution in [2.75, 3.05) is 0 Å². The number of nitro groups is 1. The minimum atomic E-state index is -0.564. The SMILES string of the molecule is CC[C@H](N)c1cc([N+](=O)[O-])ccc1F. The van der Waals surface area contributed by atoms with Gasteiger partial charge in [0, 0.05) is 23.7 Å². The Bertz CT molecular complexity index is 355. The van der Waals surface area contributed by atoms with Crippen LogP contribution in [-0.2, 0) is 0 Å². The molecule has 1 aromatic carbocycles. The van der Waals surface area contributed by atoms with Crippen LogP contribution in [0.5, 0.6) is 0 Å². The third-order valence-corrected chi connectivity index (χ3v) is 2.03. The van der Waals surface area contributed by atoms with Crippen LogP contribution in [0.15, 0.2) is 18.2 Å². The van der Waals surface area contributed by atoms with E-state index in [2.05, 4.69) is 0 Å². The first-order valence-corrected chi connectivity index (χ1v) is 4.25. The van der Waals surface area contributed by atoms with Crippen LogP contribution < -0.4 is 5.73 Å². The highest BCUT2D eigenvalue weighted by atomic mass is 19.1. The molecular weight excluding hydrogens is 187 g/mol. The number of nitrogens with two attached hydrogens (primary N) is 1. The maximum absolute atomic E-state index is 13.2. The fourth-order valence-electron chi connectivity index (χ4n) is 1.15. The highest BCUT2D eigenvalue weighted by molar-refractivity contribution is 5.36. The van der Waals surface area contributed by atoms with Gasteiger partial charge in [-0.25, -0.2) is 4.39 Å². The number of nitrogens with zero attached hydrogens (tertiary/aromatic N) is 1. The lowest BCUT2D eigenvalue weighted by atomic mass is 10.0. The number of halogens is 1. The minimum absolute atomic E-state index is 0.134. The monoisotopic (exact) mass is 198 g/mol. The van der Waals surface area contributed by atoms with Gasteiger partial charge in [-0.2, -0.15) is 0 Å². The molecule has 0 saturated heterocycles. The molecule has 0 fully saturated rings. The van der Waals surface area contributed by atoms with Crippen molar-refractivity contribution in [2.45, 2.75) is 19.4 Å². The average Bonchev–Trinajstić information content (AvgIpc) is 2.17. The lowest BCUT2D eigenvalue weighted by Crippen LogP contribution is -2.11. The summed E-state index contributed by atoms with van der Waals surface area (Å²) in [6, 6.07) is 2.89. The number of non-ortho nitro benzene ring substituents is 1. The molecule has 0 heterocycles. The van der Waals surface area contributed by atoms with E-state index in [0.717, 1.165) is 12.1 Å². The van der Waals surface area contributed by atoms with E-state index >= 15 is 0 Å². The molecule has 2 N–H and O–H groups in total. The maximum atomic E-state index is 13.2. The van der Waals surface area contributed by atoms with Crippen LogP contribution in [0.3, 0.4) is 0 Å². The van der Waals surface area contributed by atoms with Crippen molar-refractivity contribution in [3.8, 4) is 0 Å². The Kier molecular flexibility index (Phi) is 3.14. The molecule has 1 rings (SSSR count). The Morgan fingerprint density at radius 3 is 2.79 bits per heavy atom. The molecule has 76 valence electrons. The zero-order chi connectivity index (χ0) is 10.7. The summed E-state index contributed by atoms with van der Waals surface area (Å²) in [5, 5.41) is 10.4. The Balaban J connectivity index is 3.14. The molecule has 0 aliphatic rings. The molecule has 0 saturated carbocycles. The van der Waals surface area contributed by atoms with E-state index in [1.54, 1.807) is 6.92 Å². The minimum Gasteiger partial charge on any atom is -0.324 e. The summed E-state index contributed by atoms with van der Waals surface area (Å²) in [4.78, 5) is 9.85. The molecule has 4 nitrogen and oxygen atoms in total. The second-order valence-corrected chi connectivity index (χ2v) is 2.98. The smallest absolute Gasteiger partial charge is 0.269 e. The molecule has 0 amide bonds. The fraction of sp³-hybridized carbons (Fsp3) is 0.333. The third-order valence-electron chi connectivity index (χ3n) is 2.03. The summed E-state index contributed by atoms with van der Waals surface area (Å²) in [7, 11) is 0. The zero-order valence-electron chi connectivity index (χ0n) is 7.74. The molecule has 0 radical (unpaired) electrons. The van der Waals surface area contributed by atoms with E-state index in [0.29, 0.717) is 6.42 Å². The van der Waals surface area contributed by atoms with Crippen molar-refractivity contribution in [1.29, 1.82) is 0 Å². The maximum Gasteiger partial charge on any atom is 0.269 e. The van der Waals surface area contributed by atoms with Crippen LogP contribution in [0.4, 0.5) is 10.1 Å². The van der Waals surface area contributed by atoms with E-state index in [4.69, 9.17) is 5.73 Å². The van der Waals surface area contributed by atoms with Crippen molar-refractivity contribution >= 4 is 5.69 Å². The zero-order valence-corrected chi connectivity index (χ0v) is 7.74. The first kappa shape index (κ1) is 10.6. The number of benzene rings is 1.